The molecule has 0 radical (unpaired) electrons. The third-order valence-corrected chi connectivity index (χ3v) is 3.90. The van der Waals surface area contributed by atoms with Crippen LogP contribution in [-0.2, 0) is 0 Å². The second kappa shape index (κ2) is 8.94. The Labute approximate surface area is 161 Å². The molecule has 0 saturated carbocycles. The number of nitrogens with zero attached hydrogens (tertiary/aromatic N) is 4. The van der Waals surface area contributed by atoms with Crippen LogP contribution in [0.5, 0.6) is 0 Å². The molecule has 0 aliphatic rings. The highest BCUT2D eigenvalue weighted by Crippen LogP contribution is 2.25. The van der Waals surface area contributed by atoms with Gasteiger partial charge in [0, 0.05) is 29.4 Å². The number of pyridine rings is 1. The van der Waals surface area contributed by atoms with Gasteiger partial charge in [0.15, 0.2) is 0 Å². The Hall–Kier alpha value is -3.21. The van der Waals surface area contributed by atoms with E-state index in [1.165, 1.54) is 0 Å². The quantitative estimate of drug-likeness (QED) is 0.537. The van der Waals surface area contributed by atoms with Gasteiger partial charge in [-0.2, -0.15) is 5.26 Å². The van der Waals surface area contributed by atoms with Crippen LogP contribution in [0.15, 0.2) is 48.9 Å². The van der Waals surface area contributed by atoms with Crippen molar-refractivity contribution in [3.63, 3.8) is 0 Å². The second-order valence-electron chi connectivity index (χ2n) is 5.66. The molecule has 0 atom stereocenters. The molecule has 27 heavy (non-hydrogen) atoms. The largest absolute Gasteiger partial charge is 0.396 e. The van der Waals surface area contributed by atoms with E-state index in [9.17, 15) is 5.26 Å². The predicted molar refractivity (Wildman–Crippen MR) is 105 cm³/mol. The number of hydrogen-bond acceptors (Lipinski definition) is 7. The summed E-state index contributed by atoms with van der Waals surface area (Å²) in [4.78, 5) is 12.9. The van der Waals surface area contributed by atoms with Gasteiger partial charge in [0.05, 0.1) is 30.0 Å². The van der Waals surface area contributed by atoms with Crippen molar-refractivity contribution >= 4 is 28.8 Å². The fraction of sp³-hybridized carbons (Fsp3) is 0.158. The van der Waals surface area contributed by atoms with Gasteiger partial charge in [-0.15, -0.1) is 0 Å². The smallest absolute Gasteiger partial charge is 0.150 e. The maximum atomic E-state index is 9.38. The minimum atomic E-state index is 0.103. The van der Waals surface area contributed by atoms with Crippen LogP contribution in [0.1, 0.15) is 12.1 Å². The van der Waals surface area contributed by atoms with E-state index in [-0.39, 0.29) is 12.3 Å². The number of aliphatic hydroxyl groups excluding tert-OH is 1. The molecule has 3 aromatic rings. The zero-order valence-electron chi connectivity index (χ0n) is 14.4. The number of nitriles is 1. The summed E-state index contributed by atoms with van der Waals surface area (Å²) in [5.74, 6) is 0.525. The first-order chi connectivity index (χ1) is 13.2. The topological polar surface area (TPSA) is 107 Å². The Morgan fingerprint density at radius 3 is 2.81 bits per heavy atom. The third kappa shape index (κ3) is 4.91. The van der Waals surface area contributed by atoms with E-state index in [4.69, 9.17) is 16.7 Å². The molecule has 136 valence electrons. The van der Waals surface area contributed by atoms with Crippen molar-refractivity contribution in [1.29, 1.82) is 5.26 Å². The summed E-state index contributed by atoms with van der Waals surface area (Å²) in [5, 5.41) is 25.2. The molecule has 0 bridgehead atoms. The van der Waals surface area contributed by atoms with Gasteiger partial charge >= 0.3 is 0 Å². The highest BCUT2D eigenvalue weighted by molar-refractivity contribution is 6.30. The van der Waals surface area contributed by atoms with Crippen LogP contribution in [0.2, 0.25) is 5.02 Å². The number of benzene rings is 1. The number of anilines is 3. The van der Waals surface area contributed by atoms with Crippen molar-refractivity contribution in [2.75, 3.05) is 23.8 Å². The molecule has 0 saturated heterocycles. The van der Waals surface area contributed by atoms with Crippen molar-refractivity contribution in [3.8, 4) is 17.3 Å². The van der Waals surface area contributed by atoms with E-state index in [2.05, 4.69) is 31.7 Å². The van der Waals surface area contributed by atoms with Crippen LogP contribution < -0.4 is 10.6 Å². The minimum absolute atomic E-state index is 0.103. The van der Waals surface area contributed by atoms with Gasteiger partial charge in [0.2, 0.25) is 0 Å². The lowest BCUT2D eigenvalue weighted by Gasteiger charge is -2.10. The van der Waals surface area contributed by atoms with Gasteiger partial charge in [-0.3, -0.25) is 4.98 Å². The van der Waals surface area contributed by atoms with E-state index in [0.29, 0.717) is 35.1 Å². The Balaban J connectivity index is 1.89. The van der Waals surface area contributed by atoms with Gasteiger partial charge in [-0.25, -0.2) is 9.97 Å². The zero-order chi connectivity index (χ0) is 19.1. The lowest BCUT2D eigenvalue weighted by molar-refractivity contribution is 0.292. The minimum Gasteiger partial charge on any atom is -0.396 e. The Morgan fingerprint density at radius 2 is 2.04 bits per heavy atom. The molecule has 3 N–H and O–H groups in total. The number of aliphatic hydroxyl groups is 1. The number of aromatic nitrogens is 3. The number of nitrogens with one attached hydrogen (secondary N) is 2. The fourth-order valence-corrected chi connectivity index (χ4v) is 2.62. The van der Waals surface area contributed by atoms with Crippen LogP contribution in [0.25, 0.3) is 11.3 Å². The normalized spacial score (nSPS) is 10.3. The van der Waals surface area contributed by atoms with E-state index < -0.39 is 0 Å². The Morgan fingerprint density at radius 1 is 1.15 bits per heavy atom. The summed E-state index contributed by atoms with van der Waals surface area (Å²) in [5.41, 5.74) is 2.89. The van der Waals surface area contributed by atoms with Gasteiger partial charge in [-0.1, -0.05) is 17.7 Å². The number of halogens is 1. The predicted octanol–water partition coefficient (Wildman–Crippen LogP) is 3.60. The SMILES string of the molecule is N#Cc1ncc(NCCCO)cc1-c1cncc(Nc2cccc(Cl)c2)n1. The molecule has 2 heterocycles. The first-order valence-electron chi connectivity index (χ1n) is 8.29. The van der Waals surface area contributed by atoms with E-state index in [1.54, 1.807) is 36.8 Å². The molecule has 3 rings (SSSR count). The summed E-state index contributed by atoms with van der Waals surface area (Å²) in [6.45, 7) is 0.706. The molecule has 0 spiro atoms. The molecule has 2 aromatic heterocycles. The molecule has 0 unspecified atom stereocenters. The standard InChI is InChI=1S/C19H17ClN6O/c20-13-3-1-4-14(7-13)25-19-12-22-11-18(26-19)16-8-15(23-5-2-6-27)10-24-17(16)9-21/h1,3-4,7-8,10-12,23,27H,2,5-6H2,(H,25,26). The zero-order valence-corrected chi connectivity index (χ0v) is 15.1. The monoisotopic (exact) mass is 380 g/mol. The lowest BCUT2D eigenvalue weighted by Crippen LogP contribution is -2.05. The van der Waals surface area contributed by atoms with Gasteiger partial charge < -0.3 is 15.7 Å². The molecule has 0 amide bonds. The lowest BCUT2D eigenvalue weighted by atomic mass is 10.1. The van der Waals surface area contributed by atoms with Gasteiger partial charge in [0.1, 0.15) is 17.6 Å². The van der Waals surface area contributed by atoms with Crippen LogP contribution in [0.4, 0.5) is 17.2 Å². The van der Waals surface area contributed by atoms with E-state index in [0.717, 1.165) is 11.4 Å². The number of rotatable bonds is 7. The Bertz CT molecular complexity index is 972. The molecule has 7 nitrogen and oxygen atoms in total. The average Bonchev–Trinajstić information content (AvgIpc) is 2.68. The third-order valence-electron chi connectivity index (χ3n) is 3.67. The first kappa shape index (κ1) is 18.6. The van der Waals surface area contributed by atoms with Crippen molar-refractivity contribution in [3.05, 3.63) is 59.6 Å². The van der Waals surface area contributed by atoms with Gasteiger partial charge in [-0.05, 0) is 30.7 Å². The summed E-state index contributed by atoms with van der Waals surface area (Å²) >= 11 is 6.00. The molecule has 0 fully saturated rings. The summed E-state index contributed by atoms with van der Waals surface area (Å²) in [6, 6.07) is 11.2. The maximum Gasteiger partial charge on any atom is 0.150 e. The van der Waals surface area contributed by atoms with Crippen molar-refractivity contribution in [2.45, 2.75) is 6.42 Å². The fourth-order valence-electron chi connectivity index (χ4n) is 2.43. The van der Waals surface area contributed by atoms with E-state index >= 15 is 0 Å². The van der Waals surface area contributed by atoms with Crippen LogP contribution in [-0.4, -0.2) is 33.2 Å². The molecular weight excluding hydrogens is 364 g/mol. The molecular formula is C19H17ClN6O. The summed E-state index contributed by atoms with van der Waals surface area (Å²) in [6.07, 6.45) is 5.38. The molecule has 8 heteroatoms. The molecule has 1 aromatic carbocycles. The maximum absolute atomic E-state index is 9.38. The van der Waals surface area contributed by atoms with Crippen molar-refractivity contribution in [2.24, 2.45) is 0 Å². The highest BCUT2D eigenvalue weighted by atomic mass is 35.5. The van der Waals surface area contributed by atoms with Gasteiger partial charge in [0.25, 0.3) is 0 Å². The summed E-state index contributed by atoms with van der Waals surface area (Å²) < 4.78 is 0. The molecule has 0 aliphatic carbocycles. The van der Waals surface area contributed by atoms with E-state index in [1.807, 2.05) is 12.1 Å². The van der Waals surface area contributed by atoms with Crippen LogP contribution in [0.3, 0.4) is 0 Å². The van der Waals surface area contributed by atoms with Crippen molar-refractivity contribution < 1.29 is 5.11 Å². The highest BCUT2D eigenvalue weighted by Gasteiger charge is 2.11. The Kier molecular flexibility index (Phi) is 6.15. The molecule has 0 aliphatic heterocycles. The second-order valence-corrected chi connectivity index (χ2v) is 6.10. The summed E-state index contributed by atoms with van der Waals surface area (Å²) in [7, 11) is 0. The average molecular weight is 381 g/mol. The number of hydrogen-bond donors (Lipinski definition) is 3. The van der Waals surface area contributed by atoms with Crippen LogP contribution in [0, 0.1) is 11.3 Å². The van der Waals surface area contributed by atoms with Crippen LogP contribution >= 0.6 is 11.6 Å². The first-order valence-corrected chi connectivity index (χ1v) is 8.67. The van der Waals surface area contributed by atoms with Crippen molar-refractivity contribution in [1.82, 2.24) is 15.0 Å².